The van der Waals surface area contributed by atoms with Crippen molar-refractivity contribution in [1.29, 1.82) is 0 Å². The van der Waals surface area contributed by atoms with Crippen LogP contribution >= 0.6 is 0 Å². The van der Waals surface area contributed by atoms with Crippen molar-refractivity contribution in [2.75, 3.05) is 20.2 Å². The highest BCUT2D eigenvalue weighted by atomic mass is 16.5. The molecule has 0 rings (SSSR count). The number of rotatable bonds is 33. The van der Waals surface area contributed by atoms with Crippen molar-refractivity contribution in [3.63, 3.8) is 0 Å². The molecule has 4 nitrogen and oxygen atoms in total. The van der Waals surface area contributed by atoms with Gasteiger partial charge in [0.15, 0.2) is 0 Å². The van der Waals surface area contributed by atoms with Crippen LogP contribution in [0.5, 0.6) is 0 Å². The predicted octanol–water partition coefficient (Wildman–Crippen LogP) is 11.7. The van der Waals surface area contributed by atoms with E-state index in [-0.39, 0.29) is 18.4 Å². The second-order valence-electron chi connectivity index (χ2n) is 12.8. The van der Waals surface area contributed by atoms with Crippen LogP contribution in [0.2, 0.25) is 0 Å². The van der Waals surface area contributed by atoms with Gasteiger partial charge in [0.05, 0.1) is 6.61 Å². The Hall–Kier alpha value is -1.06. The Morgan fingerprint density at radius 1 is 0.439 bits per heavy atom. The third-order valence-corrected chi connectivity index (χ3v) is 8.55. The van der Waals surface area contributed by atoms with Crippen molar-refractivity contribution in [3.05, 3.63) is 0 Å². The minimum Gasteiger partial charge on any atom is -0.464 e. The van der Waals surface area contributed by atoms with Gasteiger partial charge in [-0.3, -0.25) is 9.59 Å². The van der Waals surface area contributed by atoms with E-state index < -0.39 is 0 Å². The molecule has 0 atom stereocenters. The number of nitrogens with zero attached hydrogens (tertiary/aromatic N) is 1. The van der Waals surface area contributed by atoms with Crippen LogP contribution in [0, 0.1) is 0 Å². The molecular weight excluding hydrogens is 506 g/mol. The molecule has 1 amide bonds. The zero-order chi connectivity index (χ0) is 30.1. The molecule has 0 aliphatic heterocycles. The lowest BCUT2D eigenvalue weighted by Gasteiger charge is -2.16. The Bertz CT molecular complexity index is 550. The van der Waals surface area contributed by atoms with Gasteiger partial charge in [0.2, 0.25) is 5.91 Å². The minimum atomic E-state index is -0.271. The highest BCUT2D eigenvalue weighted by Crippen LogP contribution is 2.15. The number of amides is 1. The van der Waals surface area contributed by atoms with Crippen LogP contribution in [-0.2, 0) is 14.3 Å². The van der Waals surface area contributed by atoms with Crippen LogP contribution in [0.1, 0.15) is 206 Å². The van der Waals surface area contributed by atoms with Gasteiger partial charge in [-0.15, -0.1) is 0 Å². The minimum absolute atomic E-state index is 0.0624. The number of hydrogen-bond acceptors (Lipinski definition) is 3. The lowest BCUT2D eigenvalue weighted by Crippen LogP contribution is -2.33. The molecule has 0 aliphatic carbocycles. The fraction of sp³-hybridized carbons (Fsp3) is 0.946. The first kappa shape index (κ1) is 39.9. The quantitative estimate of drug-likeness (QED) is 0.0574. The standard InChI is InChI=1S/C37H73NO3/c1-4-6-8-10-12-14-16-18-19-20-22-24-26-28-30-32-34-41-37(40)35-38(3)36(39)33-31-29-27-25-23-21-17-15-13-11-9-7-5-2/h4-35H2,1-3H3. The van der Waals surface area contributed by atoms with Crippen LogP contribution in [0.3, 0.4) is 0 Å². The summed E-state index contributed by atoms with van der Waals surface area (Å²) >= 11 is 0. The van der Waals surface area contributed by atoms with E-state index in [1.165, 1.54) is 165 Å². The average molecular weight is 580 g/mol. The number of ether oxygens (including phenoxy) is 1. The molecule has 0 N–H and O–H groups in total. The summed E-state index contributed by atoms with van der Waals surface area (Å²) in [6.07, 6.45) is 38.9. The molecule has 0 radical (unpaired) electrons. The molecule has 41 heavy (non-hydrogen) atoms. The summed E-state index contributed by atoms with van der Waals surface area (Å²) in [7, 11) is 1.72. The fourth-order valence-corrected chi connectivity index (χ4v) is 5.65. The van der Waals surface area contributed by atoms with Crippen molar-refractivity contribution in [1.82, 2.24) is 4.90 Å². The number of hydrogen-bond donors (Lipinski definition) is 0. The summed E-state index contributed by atoms with van der Waals surface area (Å²) in [5, 5.41) is 0. The van der Waals surface area contributed by atoms with Crippen LogP contribution in [0.4, 0.5) is 0 Å². The number of carbonyl (C=O) groups is 2. The van der Waals surface area contributed by atoms with Gasteiger partial charge in [0.1, 0.15) is 6.54 Å². The van der Waals surface area contributed by atoms with E-state index in [1.807, 2.05) is 0 Å². The van der Waals surface area contributed by atoms with Crippen molar-refractivity contribution in [2.45, 2.75) is 206 Å². The van der Waals surface area contributed by atoms with Crippen molar-refractivity contribution in [3.8, 4) is 0 Å². The highest BCUT2D eigenvalue weighted by molar-refractivity contribution is 5.81. The first-order valence-corrected chi connectivity index (χ1v) is 18.5. The normalized spacial score (nSPS) is 11.2. The summed E-state index contributed by atoms with van der Waals surface area (Å²) < 4.78 is 5.37. The molecule has 0 aromatic heterocycles. The molecule has 244 valence electrons. The van der Waals surface area contributed by atoms with E-state index in [2.05, 4.69) is 13.8 Å². The smallest absolute Gasteiger partial charge is 0.325 e. The average Bonchev–Trinajstić information content (AvgIpc) is 2.96. The van der Waals surface area contributed by atoms with E-state index in [0.717, 1.165) is 25.7 Å². The summed E-state index contributed by atoms with van der Waals surface area (Å²) in [6, 6.07) is 0. The number of esters is 1. The molecule has 0 saturated heterocycles. The zero-order valence-electron chi connectivity index (χ0n) is 28.3. The van der Waals surface area contributed by atoms with Gasteiger partial charge >= 0.3 is 5.97 Å². The largest absolute Gasteiger partial charge is 0.464 e. The molecule has 0 aliphatic rings. The SMILES string of the molecule is CCCCCCCCCCCCCCCCCCOC(=O)CN(C)C(=O)CCCCCCCCCCCCCCC. The lowest BCUT2D eigenvalue weighted by molar-refractivity contribution is -0.148. The van der Waals surface area contributed by atoms with Crippen molar-refractivity contribution in [2.24, 2.45) is 0 Å². The van der Waals surface area contributed by atoms with E-state index >= 15 is 0 Å². The maximum Gasteiger partial charge on any atom is 0.325 e. The van der Waals surface area contributed by atoms with Gasteiger partial charge in [-0.05, 0) is 12.8 Å². The third-order valence-electron chi connectivity index (χ3n) is 8.55. The molecule has 0 heterocycles. The zero-order valence-corrected chi connectivity index (χ0v) is 28.3. The number of likely N-dealkylation sites (N-methyl/N-ethyl adjacent to an activating group) is 1. The second kappa shape index (κ2) is 33.4. The Kier molecular flexibility index (Phi) is 32.6. The summed E-state index contributed by atoms with van der Waals surface area (Å²) in [4.78, 5) is 26.0. The molecule has 0 aromatic carbocycles. The molecule has 0 bridgehead atoms. The van der Waals surface area contributed by atoms with Crippen LogP contribution < -0.4 is 0 Å². The lowest BCUT2D eigenvalue weighted by atomic mass is 10.0. The topological polar surface area (TPSA) is 46.6 Å². The molecule has 4 heteroatoms. The molecule has 0 fully saturated rings. The first-order chi connectivity index (χ1) is 20.1. The van der Waals surface area contributed by atoms with Crippen molar-refractivity contribution < 1.29 is 14.3 Å². The fourth-order valence-electron chi connectivity index (χ4n) is 5.65. The summed E-state index contributed by atoms with van der Waals surface area (Å²) in [5.74, 6) is -0.209. The summed E-state index contributed by atoms with van der Waals surface area (Å²) in [6.45, 7) is 5.12. The van der Waals surface area contributed by atoms with Gasteiger partial charge < -0.3 is 9.64 Å². The first-order valence-electron chi connectivity index (χ1n) is 18.5. The monoisotopic (exact) mass is 580 g/mol. The molecule has 0 aromatic rings. The Morgan fingerprint density at radius 3 is 1.07 bits per heavy atom. The molecule has 0 saturated carbocycles. The van der Waals surface area contributed by atoms with E-state index in [1.54, 1.807) is 7.05 Å². The summed E-state index contributed by atoms with van der Waals surface area (Å²) in [5.41, 5.74) is 0. The Morgan fingerprint density at radius 2 is 0.732 bits per heavy atom. The number of unbranched alkanes of at least 4 members (excludes halogenated alkanes) is 27. The van der Waals surface area contributed by atoms with E-state index in [9.17, 15) is 9.59 Å². The van der Waals surface area contributed by atoms with Crippen LogP contribution in [0.15, 0.2) is 0 Å². The Labute approximate surface area is 257 Å². The molecular formula is C37H73NO3. The van der Waals surface area contributed by atoms with Crippen LogP contribution in [0.25, 0.3) is 0 Å². The molecule has 0 spiro atoms. The van der Waals surface area contributed by atoms with Gasteiger partial charge in [-0.25, -0.2) is 0 Å². The predicted molar refractivity (Wildman–Crippen MR) is 178 cm³/mol. The number of carbonyl (C=O) groups excluding carboxylic acids is 2. The van der Waals surface area contributed by atoms with Gasteiger partial charge in [-0.2, -0.15) is 0 Å². The van der Waals surface area contributed by atoms with Crippen LogP contribution in [-0.4, -0.2) is 37.0 Å². The van der Waals surface area contributed by atoms with Gasteiger partial charge in [-0.1, -0.05) is 187 Å². The Balaban J connectivity index is 3.39. The van der Waals surface area contributed by atoms with Gasteiger partial charge in [0, 0.05) is 13.5 Å². The van der Waals surface area contributed by atoms with Crippen molar-refractivity contribution >= 4 is 11.9 Å². The third kappa shape index (κ3) is 31.7. The van der Waals surface area contributed by atoms with E-state index in [4.69, 9.17) is 4.74 Å². The molecule has 0 unspecified atom stereocenters. The maximum absolute atomic E-state index is 12.3. The second-order valence-corrected chi connectivity index (χ2v) is 12.8. The highest BCUT2D eigenvalue weighted by Gasteiger charge is 2.13. The van der Waals surface area contributed by atoms with E-state index in [0.29, 0.717) is 13.0 Å². The maximum atomic E-state index is 12.3. The van der Waals surface area contributed by atoms with Gasteiger partial charge in [0.25, 0.3) is 0 Å².